The Hall–Kier alpha value is -5.16. The molecule has 3 aromatic carbocycles. The summed E-state index contributed by atoms with van der Waals surface area (Å²) in [7, 11) is 1.43. The Morgan fingerprint density at radius 3 is 2.11 bits per heavy atom. The molecule has 2 fully saturated rings. The van der Waals surface area contributed by atoms with Gasteiger partial charge in [0.05, 0.1) is 43.0 Å². The number of aromatic nitrogens is 4. The van der Waals surface area contributed by atoms with Crippen LogP contribution in [0.4, 0.5) is 9.59 Å². The fourth-order valence-corrected chi connectivity index (χ4v) is 8.40. The number of rotatable bonds is 13. The van der Waals surface area contributed by atoms with Gasteiger partial charge in [0.1, 0.15) is 11.6 Å². The highest BCUT2D eigenvalue weighted by Gasteiger charge is 2.35. The number of benzene rings is 3. The number of ether oxygens (including phenoxy) is 1. The molecule has 4 N–H and O–H groups in total. The summed E-state index contributed by atoms with van der Waals surface area (Å²) < 4.78 is 4.95. The van der Waals surface area contributed by atoms with Crippen LogP contribution in [0.25, 0.3) is 44.4 Å². The summed E-state index contributed by atoms with van der Waals surface area (Å²) in [6.07, 6.45) is 10.6. The van der Waals surface area contributed by atoms with Crippen molar-refractivity contribution in [2.75, 3.05) is 20.2 Å². The lowest BCUT2D eigenvalue weighted by atomic mass is 9.92. The largest absolute Gasteiger partial charge is 0.465 e. The van der Waals surface area contributed by atoms with Crippen LogP contribution in [0.2, 0.25) is 0 Å². The highest BCUT2D eigenvalue weighted by Crippen LogP contribution is 2.37. The first-order chi connectivity index (χ1) is 26.2. The average molecular weight is 732 g/mol. The number of carbonyl (C=O) groups is 2. The van der Waals surface area contributed by atoms with Gasteiger partial charge >= 0.3 is 12.2 Å². The lowest BCUT2D eigenvalue weighted by Crippen LogP contribution is -2.45. The van der Waals surface area contributed by atoms with E-state index >= 15 is 0 Å². The van der Waals surface area contributed by atoms with E-state index in [1.807, 2.05) is 6.20 Å². The van der Waals surface area contributed by atoms with Gasteiger partial charge in [-0.2, -0.15) is 0 Å². The van der Waals surface area contributed by atoms with Crippen LogP contribution in [0, 0.1) is 5.92 Å². The number of unbranched alkanes of at least 4 members (excludes halogenated alkanes) is 1. The second-order valence-corrected chi connectivity index (χ2v) is 15.3. The molecule has 2 aromatic heterocycles. The topological polar surface area (TPSA) is 139 Å². The van der Waals surface area contributed by atoms with Gasteiger partial charge in [-0.25, -0.2) is 19.6 Å². The number of fused-ring (bicyclic) bond motifs is 1. The Kier molecular flexibility index (Phi) is 11.3. The Morgan fingerprint density at radius 2 is 1.44 bits per heavy atom. The summed E-state index contributed by atoms with van der Waals surface area (Å²) in [5.41, 5.74) is 6.27. The molecule has 54 heavy (non-hydrogen) atoms. The number of carbonyl (C=O) groups excluding carboxylic acids is 1. The van der Waals surface area contributed by atoms with Crippen LogP contribution in [0.3, 0.4) is 0 Å². The summed E-state index contributed by atoms with van der Waals surface area (Å²) in [4.78, 5) is 44.4. The van der Waals surface area contributed by atoms with Crippen molar-refractivity contribution in [3.8, 4) is 33.6 Å². The predicted molar refractivity (Wildman–Crippen MR) is 212 cm³/mol. The molecular weight excluding hydrogens is 679 g/mol. The quantitative estimate of drug-likeness (QED) is 0.0946. The minimum Gasteiger partial charge on any atom is -0.465 e. The van der Waals surface area contributed by atoms with Gasteiger partial charge in [-0.15, -0.1) is 0 Å². The summed E-state index contributed by atoms with van der Waals surface area (Å²) >= 11 is 0. The molecule has 2 saturated heterocycles. The van der Waals surface area contributed by atoms with Gasteiger partial charge in [0.15, 0.2) is 0 Å². The minimum absolute atomic E-state index is 0.0391. The monoisotopic (exact) mass is 731 g/mol. The van der Waals surface area contributed by atoms with E-state index < -0.39 is 6.09 Å². The van der Waals surface area contributed by atoms with E-state index in [0.717, 1.165) is 103 Å². The van der Waals surface area contributed by atoms with Crippen molar-refractivity contribution in [1.29, 1.82) is 0 Å². The Morgan fingerprint density at radius 1 is 0.852 bits per heavy atom. The number of nitrogens with zero attached hydrogens (tertiary/aromatic N) is 4. The maximum Gasteiger partial charge on any atom is 0.407 e. The Labute approximate surface area is 317 Å². The molecule has 4 unspecified atom stereocenters. The highest BCUT2D eigenvalue weighted by molar-refractivity contribution is 5.90. The first-order valence-electron chi connectivity index (χ1n) is 19.6. The van der Waals surface area contributed by atoms with Crippen molar-refractivity contribution in [2.24, 2.45) is 5.92 Å². The van der Waals surface area contributed by atoms with Crippen LogP contribution in [-0.2, 0) is 4.74 Å². The molecule has 5 aromatic rings. The molecule has 11 nitrogen and oxygen atoms in total. The van der Waals surface area contributed by atoms with Crippen LogP contribution in [0.15, 0.2) is 73.1 Å². The molecule has 11 heteroatoms. The number of imidazole rings is 2. The first kappa shape index (κ1) is 37.2. The van der Waals surface area contributed by atoms with Gasteiger partial charge in [-0.3, -0.25) is 9.80 Å². The number of carboxylic acid groups (broad SMARTS) is 1. The van der Waals surface area contributed by atoms with Crippen molar-refractivity contribution in [1.82, 2.24) is 35.1 Å². The number of amides is 2. The minimum atomic E-state index is -0.899. The zero-order chi connectivity index (χ0) is 37.8. The van der Waals surface area contributed by atoms with Gasteiger partial charge in [0.25, 0.3) is 0 Å². The molecule has 4 heterocycles. The number of H-pyrrole nitrogens is 2. The molecule has 0 spiro atoms. The van der Waals surface area contributed by atoms with Crippen LogP contribution >= 0.6 is 0 Å². The normalized spacial score (nSPS) is 18.7. The fourth-order valence-electron chi connectivity index (χ4n) is 8.40. The smallest absolute Gasteiger partial charge is 0.407 e. The summed E-state index contributed by atoms with van der Waals surface area (Å²) in [6.45, 7) is 8.13. The maximum atomic E-state index is 12.2. The molecule has 284 valence electrons. The molecule has 0 bridgehead atoms. The molecule has 0 saturated carbocycles. The second-order valence-electron chi connectivity index (χ2n) is 15.3. The van der Waals surface area contributed by atoms with Crippen molar-refractivity contribution in [2.45, 2.75) is 96.3 Å². The van der Waals surface area contributed by atoms with E-state index in [0.29, 0.717) is 24.3 Å². The van der Waals surface area contributed by atoms with Gasteiger partial charge in [0, 0.05) is 24.2 Å². The number of methoxy groups -OCH3 is 1. The van der Waals surface area contributed by atoms with Gasteiger partial charge in [0.2, 0.25) is 0 Å². The standard InChI is InChI=1S/C43H53N7O4/c1-5-6-9-34(24-35(27(2)3)48-42(51)54-4)49-20-7-10-38(49)40-45-26-37(47-40)33-19-18-31-22-30(16-17-32(31)23-33)28-12-14-29(15-13-28)36-25-44-41(46-36)39-11-8-21-50(39)43(52)53/h12-19,22-23,25-27,34-35,38-39H,5-11,20-21,24H2,1-4H3,(H,44,46)(H,45,47)(H,48,51)(H,52,53). The SMILES string of the molecule is CCCCC(CC(NC(=O)OC)C(C)C)N1CCCC1c1ncc(-c2ccc3cc(-c4ccc(-c5cnc(C6CCCN6C(=O)O)[nH]5)cc4)ccc3c2)[nH]1. The number of hydrogen-bond acceptors (Lipinski definition) is 6. The average Bonchev–Trinajstić information content (AvgIpc) is 4.02. The lowest BCUT2D eigenvalue weighted by Gasteiger charge is -2.36. The van der Waals surface area contributed by atoms with Crippen molar-refractivity contribution < 1.29 is 19.4 Å². The number of aromatic amines is 2. The van der Waals surface area contributed by atoms with E-state index in [9.17, 15) is 14.7 Å². The molecule has 7 rings (SSSR count). The maximum absolute atomic E-state index is 12.2. The third-order valence-corrected chi connectivity index (χ3v) is 11.5. The molecule has 4 atom stereocenters. The highest BCUT2D eigenvalue weighted by atomic mass is 16.5. The Balaban J connectivity index is 1.04. The van der Waals surface area contributed by atoms with E-state index in [1.54, 1.807) is 6.20 Å². The molecule has 0 aliphatic carbocycles. The first-order valence-corrected chi connectivity index (χ1v) is 19.6. The molecular formula is C43H53N7O4. The van der Waals surface area contributed by atoms with Crippen molar-refractivity contribution >= 4 is 23.0 Å². The van der Waals surface area contributed by atoms with E-state index in [-0.39, 0.29) is 24.2 Å². The van der Waals surface area contributed by atoms with Crippen molar-refractivity contribution in [3.05, 3.63) is 84.7 Å². The van der Waals surface area contributed by atoms with E-state index in [2.05, 4.69) is 107 Å². The molecule has 0 radical (unpaired) electrons. The molecule has 2 aliphatic rings. The zero-order valence-corrected chi connectivity index (χ0v) is 31.8. The third-order valence-electron chi connectivity index (χ3n) is 11.5. The van der Waals surface area contributed by atoms with Crippen molar-refractivity contribution in [3.63, 3.8) is 0 Å². The Bertz CT molecular complexity index is 2050. The zero-order valence-electron chi connectivity index (χ0n) is 31.8. The molecule has 2 aliphatic heterocycles. The lowest BCUT2D eigenvalue weighted by molar-refractivity contribution is 0.127. The van der Waals surface area contributed by atoms with Gasteiger partial charge in [-0.05, 0) is 90.6 Å². The number of alkyl carbamates (subject to hydrolysis) is 1. The third kappa shape index (κ3) is 8.01. The number of nitrogens with one attached hydrogen (secondary N) is 3. The van der Waals surface area contributed by atoms with E-state index in [1.165, 1.54) is 17.4 Å². The van der Waals surface area contributed by atoms with E-state index in [4.69, 9.17) is 9.72 Å². The van der Waals surface area contributed by atoms with Crippen LogP contribution < -0.4 is 5.32 Å². The second kappa shape index (κ2) is 16.5. The summed E-state index contributed by atoms with van der Waals surface area (Å²) in [5, 5.41) is 15.0. The van der Waals surface area contributed by atoms with Crippen LogP contribution in [0.5, 0.6) is 0 Å². The van der Waals surface area contributed by atoms with Crippen LogP contribution in [0.1, 0.15) is 95.9 Å². The molecule has 2 amide bonds. The number of likely N-dealkylation sites (tertiary alicyclic amines) is 2. The predicted octanol–water partition coefficient (Wildman–Crippen LogP) is 9.57. The summed E-state index contributed by atoms with van der Waals surface area (Å²) in [5.74, 6) is 2.01. The summed E-state index contributed by atoms with van der Waals surface area (Å²) in [6, 6.07) is 21.9. The van der Waals surface area contributed by atoms with Gasteiger partial charge in [-0.1, -0.05) is 82.1 Å². The van der Waals surface area contributed by atoms with Crippen LogP contribution in [-0.4, -0.2) is 79.3 Å². The number of hydrogen-bond donors (Lipinski definition) is 4. The van der Waals surface area contributed by atoms with Gasteiger partial charge < -0.3 is 25.1 Å². The fraction of sp³-hybridized carbons (Fsp3) is 0.442.